The number of nitrogens with one attached hydrogen (secondary N) is 1. The van der Waals surface area contributed by atoms with Gasteiger partial charge in [0.25, 0.3) is 11.6 Å². The fourth-order valence-corrected chi connectivity index (χ4v) is 2.15. The van der Waals surface area contributed by atoms with Crippen LogP contribution in [0.1, 0.15) is 16.1 Å². The summed E-state index contributed by atoms with van der Waals surface area (Å²) in [5.74, 6) is -1.26. The summed E-state index contributed by atoms with van der Waals surface area (Å²) in [6.07, 6.45) is 1.38. The minimum atomic E-state index is -1.06. The predicted molar refractivity (Wildman–Crippen MR) is 84.3 cm³/mol. The number of hydrogen-bond donors (Lipinski definition) is 1. The molecule has 124 valence electrons. The number of pyridine rings is 1. The fraction of sp³-hybridized carbons (Fsp3) is 0.188. The molecule has 24 heavy (non-hydrogen) atoms. The van der Waals surface area contributed by atoms with Gasteiger partial charge in [-0.05, 0) is 12.1 Å². The molecule has 8 heteroatoms. The van der Waals surface area contributed by atoms with Crippen LogP contribution in [0.2, 0.25) is 0 Å². The van der Waals surface area contributed by atoms with E-state index >= 15 is 0 Å². The molecule has 1 amide bonds. The molecule has 0 saturated carbocycles. The summed E-state index contributed by atoms with van der Waals surface area (Å²) in [6.45, 7) is 0. The Hall–Kier alpha value is -3.29. The molecule has 0 aliphatic carbocycles. The van der Waals surface area contributed by atoms with Crippen LogP contribution < -0.4 is 5.32 Å². The van der Waals surface area contributed by atoms with Crippen molar-refractivity contribution in [3.8, 4) is 0 Å². The van der Waals surface area contributed by atoms with E-state index < -0.39 is 22.8 Å². The lowest BCUT2D eigenvalue weighted by Gasteiger charge is -2.16. The quantitative estimate of drug-likeness (QED) is 0.488. The van der Waals surface area contributed by atoms with E-state index in [4.69, 9.17) is 0 Å². The maximum atomic E-state index is 12.2. The Labute approximate surface area is 137 Å². The number of nitrogens with zero attached hydrogens (tertiary/aromatic N) is 2. The first-order chi connectivity index (χ1) is 11.5. The van der Waals surface area contributed by atoms with E-state index in [0.29, 0.717) is 5.56 Å². The van der Waals surface area contributed by atoms with Gasteiger partial charge in [-0.25, -0.2) is 4.79 Å². The van der Waals surface area contributed by atoms with Gasteiger partial charge in [0.2, 0.25) is 0 Å². The van der Waals surface area contributed by atoms with Crippen LogP contribution in [-0.4, -0.2) is 34.9 Å². The number of rotatable bonds is 6. The van der Waals surface area contributed by atoms with E-state index in [2.05, 4.69) is 15.0 Å². The van der Waals surface area contributed by atoms with Gasteiger partial charge in [0.15, 0.2) is 0 Å². The van der Waals surface area contributed by atoms with Crippen LogP contribution >= 0.6 is 0 Å². The number of ether oxygens (including phenoxy) is 1. The summed E-state index contributed by atoms with van der Waals surface area (Å²) in [7, 11) is 1.18. The van der Waals surface area contributed by atoms with Crippen molar-refractivity contribution in [2.45, 2.75) is 12.5 Å². The first-order valence-electron chi connectivity index (χ1n) is 7.05. The third kappa shape index (κ3) is 4.13. The average Bonchev–Trinajstić information content (AvgIpc) is 2.61. The lowest BCUT2D eigenvalue weighted by molar-refractivity contribution is -0.385. The number of para-hydroxylation sites is 1. The zero-order valence-corrected chi connectivity index (χ0v) is 12.8. The third-order valence-corrected chi connectivity index (χ3v) is 3.30. The Morgan fingerprint density at radius 1 is 1.25 bits per heavy atom. The number of methoxy groups -OCH3 is 1. The van der Waals surface area contributed by atoms with Crippen molar-refractivity contribution in [1.82, 2.24) is 10.3 Å². The lowest BCUT2D eigenvalue weighted by Crippen LogP contribution is -2.43. The summed E-state index contributed by atoms with van der Waals surface area (Å²) in [6, 6.07) is 9.74. The monoisotopic (exact) mass is 329 g/mol. The second kappa shape index (κ2) is 7.82. The molecular formula is C16H15N3O5. The Morgan fingerprint density at radius 3 is 2.58 bits per heavy atom. The van der Waals surface area contributed by atoms with E-state index in [0.717, 1.165) is 0 Å². The number of carbonyl (C=O) groups excluding carboxylic acids is 2. The van der Waals surface area contributed by atoms with Gasteiger partial charge in [0, 0.05) is 24.2 Å². The van der Waals surface area contributed by atoms with Gasteiger partial charge in [0.05, 0.1) is 12.0 Å². The van der Waals surface area contributed by atoms with Gasteiger partial charge in [-0.15, -0.1) is 0 Å². The van der Waals surface area contributed by atoms with Crippen molar-refractivity contribution >= 4 is 17.6 Å². The molecule has 8 nitrogen and oxygen atoms in total. The Kier molecular flexibility index (Phi) is 5.56. The molecular weight excluding hydrogens is 314 g/mol. The molecule has 0 spiro atoms. The van der Waals surface area contributed by atoms with Crippen LogP contribution in [-0.2, 0) is 16.0 Å². The summed E-state index contributed by atoms with van der Waals surface area (Å²) >= 11 is 0. The SMILES string of the molecule is COC(=O)[C@H](Cc1ccccc1[N+](=O)[O-])NC(=O)c1ccccn1. The van der Waals surface area contributed by atoms with E-state index in [9.17, 15) is 19.7 Å². The van der Waals surface area contributed by atoms with Crippen LogP contribution in [0.15, 0.2) is 48.7 Å². The smallest absolute Gasteiger partial charge is 0.328 e. The molecule has 1 aromatic heterocycles. The van der Waals surface area contributed by atoms with Crippen LogP contribution in [0.25, 0.3) is 0 Å². The molecule has 0 saturated heterocycles. The number of nitro benzene ring substituents is 1. The van der Waals surface area contributed by atoms with Gasteiger partial charge >= 0.3 is 5.97 Å². The molecule has 1 atom stereocenters. The molecule has 0 radical (unpaired) electrons. The first kappa shape index (κ1) is 17.1. The normalized spacial score (nSPS) is 11.4. The summed E-state index contributed by atoms with van der Waals surface area (Å²) in [4.78, 5) is 38.5. The fourth-order valence-electron chi connectivity index (χ4n) is 2.15. The topological polar surface area (TPSA) is 111 Å². The van der Waals surface area contributed by atoms with Crippen LogP contribution in [0.5, 0.6) is 0 Å². The van der Waals surface area contributed by atoms with E-state index in [1.807, 2.05) is 0 Å². The van der Waals surface area contributed by atoms with E-state index in [1.165, 1.54) is 37.6 Å². The van der Waals surface area contributed by atoms with Crippen molar-refractivity contribution in [3.05, 3.63) is 70.0 Å². The Balaban J connectivity index is 2.22. The van der Waals surface area contributed by atoms with E-state index in [-0.39, 0.29) is 17.8 Å². The van der Waals surface area contributed by atoms with Gasteiger partial charge in [-0.1, -0.05) is 24.3 Å². The van der Waals surface area contributed by atoms with Crippen LogP contribution in [0.3, 0.4) is 0 Å². The number of carbonyl (C=O) groups is 2. The molecule has 2 aromatic rings. The maximum Gasteiger partial charge on any atom is 0.328 e. The molecule has 1 N–H and O–H groups in total. The molecule has 0 fully saturated rings. The number of benzene rings is 1. The lowest BCUT2D eigenvalue weighted by atomic mass is 10.0. The third-order valence-electron chi connectivity index (χ3n) is 3.30. The summed E-state index contributed by atoms with van der Waals surface area (Å²) in [5.41, 5.74) is 0.326. The van der Waals surface area contributed by atoms with Crippen molar-refractivity contribution in [2.24, 2.45) is 0 Å². The van der Waals surface area contributed by atoms with Crippen LogP contribution in [0, 0.1) is 10.1 Å². The van der Waals surface area contributed by atoms with Crippen molar-refractivity contribution in [3.63, 3.8) is 0 Å². The molecule has 1 heterocycles. The first-order valence-corrected chi connectivity index (χ1v) is 7.05. The molecule has 0 unspecified atom stereocenters. The number of nitro groups is 1. The van der Waals surface area contributed by atoms with Crippen LogP contribution in [0.4, 0.5) is 5.69 Å². The van der Waals surface area contributed by atoms with Gasteiger partial charge in [-0.2, -0.15) is 0 Å². The Bertz CT molecular complexity index is 748. The number of esters is 1. The highest BCUT2D eigenvalue weighted by molar-refractivity contribution is 5.95. The zero-order chi connectivity index (χ0) is 17.5. The van der Waals surface area contributed by atoms with Crippen molar-refractivity contribution < 1.29 is 19.2 Å². The average molecular weight is 329 g/mol. The van der Waals surface area contributed by atoms with Crippen molar-refractivity contribution in [2.75, 3.05) is 7.11 Å². The van der Waals surface area contributed by atoms with E-state index in [1.54, 1.807) is 18.2 Å². The zero-order valence-electron chi connectivity index (χ0n) is 12.8. The van der Waals surface area contributed by atoms with Gasteiger partial charge in [0.1, 0.15) is 11.7 Å². The standard InChI is InChI=1S/C16H15N3O5/c1-24-16(21)13(18-15(20)12-7-4-5-9-17-12)10-11-6-2-3-8-14(11)19(22)23/h2-9,13H,10H2,1H3,(H,18,20)/t13-/m0/s1. The highest BCUT2D eigenvalue weighted by atomic mass is 16.6. The predicted octanol–water partition coefficient (Wildman–Crippen LogP) is 1.50. The number of amides is 1. The Morgan fingerprint density at radius 2 is 1.96 bits per heavy atom. The minimum absolute atomic E-state index is 0.0671. The second-order valence-electron chi connectivity index (χ2n) is 4.85. The molecule has 0 aliphatic rings. The summed E-state index contributed by atoms with van der Waals surface area (Å²) < 4.78 is 4.68. The number of hydrogen-bond acceptors (Lipinski definition) is 6. The van der Waals surface area contributed by atoms with Gasteiger partial charge in [-0.3, -0.25) is 19.9 Å². The van der Waals surface area contributed by atoms with Gasteiger partial charge < -0.3 is 10.1 Å². The molecule has 1 aromatic carbocycles. The largest absolute Gasteiger partial charge is 0.467 e. The molecule has 2 rings (SSSR count). The van der Waals surface area contributed by atoms with Crippen molar-refractivity contribution in [1.29, 1.82) is 0 Å². The number of aromatic nitrogens is 1. The highest BCUT2D eigenvalue weighted by Crippen LogP contribution is 2.19. The minimum Gasteiger partial charge on any atom is -0.467 e. The highest BCUT2D eigenvalue weighted by Gasteiger charge is 2.26. The maximum absolute atomic E-state index is 12.2. The summed E-state index contributed by atoms with van der Waals surface area (Å²) in [5, 5.41) is 13.6. The second-order valence-corrected chi connectivity index (χ2v) is 4.85. The molecule has 0 aliphatic heterocycles. The molecule has 0 bridgehead atoms.